The zero-order valence-corrected chi connectivity index (χ0v) is 12.2. The van der Waals surface area contributed by atoms with Crippen LogP contribution < -0.4 is 5.32 Å². The molecule has 0 spiro atoms. The molecule has 2 heteroatoms. The van der Waals surface area contributed by atoms with Crippen molar-refractivity contribution in [2.75, 3.05) is 13.2 Å². The molecule has 1 aromatic rings. The first-order valence-electron chi connectivity index (χ1n) is 7.07. The van der Waals surface area contributed by atoms with Crippen LogP contribution in [0.15, 0.2) is 30.3 Å². The van der Waals surface area contributed by atoms with E-state index in [1.165, 1.54) is 5.56 Å². The number of rotatable bonds is 8. The van der Waals surface area contributed by atoms with Crippen molar-refractivity contribution >= 4 is 0 Å². The van der Waals surface area contributed by atoms with Crippen LogP contribution in [-0.4, -0.2) is 24.8 Å². The summed E-state index contributed by atoms with van der Waals surface area (Å²) in [4.78, 5) is 0. The highest BCUT2D eigenvalue weighted by atomic mass is 16.5. The van der Waals surface area contributed by atoms with E-state index in [0.717, 1.165) is 26.0 Å². The van der Waals surface area contributed by atoms with Crippen molar-refractivity contribution in [3.8, 4) is 0 Å². The quantitative estimate of drug-likeness (QED) is 0.762. The lowest BCUT2D eigenvalue weighted by molar-refractivity contribution is -0.0546. The molecule has 0 saturated carbocycles. The average Bonchev–Trinajstić information content (AvgIpc) is 2.39. The van der Waals surface area contributed by atoms with Crippen LogP contribution in [-0.2, 0) is 11.2 Å². The number of benzene rings is 1. The van der Waals surface area contributed by atoms with Gasteiger partial charge in [-0.3, -0.25) is 0 Å². The number of ether oxygens (including phenoxy) is 1. The Morgan fingerprint density at radius 1 is 1.17 bits per heavy atom. The van der Waals surface area contributed by atoms with E-state index in [9.17, 15) is 0 Å². The molecular formula is C16H27NO. The summed E-state index contributed by atoms with van der Waals surface area (Å²) in [6, 6.07) is 11.0. The molecule has 0 heterocycles. The van der Waals surface area contributed by atoms with Gasteiger partial charge in [-0.15, -0.1) is 0 Å². The Hall–Kier alpha value is -0.860. The predicted molar refractivity (Wildman–Crippen MR) is 77.9 cm³/mol. The van der Waals surface area contributed by atoms with Crippen LogP contribution in [0.5, 0.6) is 0 Å². The van der Waals surface area contributed by atoms with Crippen LogP contribution >= 0.6 is 0 Å². The summed E-state index contributed by atoms with van der Waals surface area (Å²) in [6.07, 6.45) is 2.03. The second kappa shape index (κ2) is 7.55. The molecule has 1 aromatic carbocycles. The molecule has 1 rings (SSSR count). The summed E-state index contributed by atoms with van der Waals surface area (Å²) >= 11 is 0. The fourth-order valence-electron chi connectivity index (χ4n) is 2.38. The molecule has 0 aliphatic carbocycles. The summed E-state index contributed by atoms with van der Waals surface area (Å²) in [6.45, 7) is 10.4. The Morgan fingerprint density at radius 2 is 1.83 bits per heavy atom. The first kappa shape index (κ1) is 15.2. The number of nitrogens with one attached hydrogen (secondary N) is 1. The van der Waals surface area contributed by atoms with Gasteiger partial charge in [0.25, 0.3) is 0 Å². The lowest BCUT2D eigenvalue weighted by atomic mass is 9.88. The van der Waals surface area contributed by atoms with Gasteiger partial charge < -0.3 is 10.1 Å². The monoisotopic (exact) mass is 249 g/mol. The zero-order chi connectivity index (χ0) is 13.4. The van der Waals surface area contributed by atoms with Gasteiger partial charge in [0, 0.05) is 12.6 Å². The molecule has 0 aromatic heterocycles. The van der Waals surface area contributed by atoms with Gasteiger partial charge in [-0.2, -0.15) is 0 Å². The lowest BCUT2D eigenvalue weighted by Crippen LogP contribution is -2.51. The van der Waals surface area contributed by atoms with Crippen LogP contribution in [0.1, 0.15) is 39.7 Å². The second-order valence-electron chi connectivity index (χ2n) is 4.90. The second-order valence-corrected chi connectivity index (χ2v) is 4.90. The number of hydrogen-bond donors (Lipinski definition) is 1. The van der Waals surface area contributed by atoms with E-state index in [1.54, 1.807) is 0 Å². The average molecular weight is 249 g/mol. The minimum atomic E-state index is -0.0966. The Kier molecular flexibility index (Phi) is 6.37. The van der Waals surface area contributed by atoms with E-state index in [2.05, 4.69) is 63.3 Å². The summed E-state index contributed by atoms with van der Waals surface area (Å²) in [5.74, 6) is 0. The molecule has 1 N–H and O–H groups in total. The Labute approximate surface area is 112 Å². The lowest BCUT2D eigenvalue weighted by Gasteiger charge is -2.37. The first-order valence-corrected chi connectivity index (χ1v) is 7.07. The molecule has 0 aliphatic rings. The van der Waals surface area contributed by atoms with Gasteiger partial charge in [0.05, 0.1) is 5.60 Å². The summed E-state index contributed by atoms with van der Waals surface area (Å²) in [7, 11) is 0. The van der Waals surface area contributed by atoms with Gasteiger partial charge in [0.15, 0.2) is 0 Å². The molecule has 0 amide bonds. The van der Waals surface area contributed by atoms with E-state index in [0.29, 0.717) is 6.04 Å². The first-order chi connectivity index (χ1) is 8.66. The van der Waals surface area contributed by atoms with Gasteiger partial charge in [-0.05, 0) is 38.8 Å². The maximum Gasteiger partial charge on any atom is 0.0807 e. The predicted octanol–water partition coefficient (Wildman–Crippen LogP) is 3.41. The van der Waals surface area contributed by atoms with Crippen molar-refractivity contribution in [2.24, 2.45) is 0 Å². The SMILES string of the molecule is CCNC(Cc1ccccc1)C(C)(CC)OCC. The molecule has 0 fully saturated rings. The maximum absolute atomic E-state index is 6.00. The molecule has 102 valence electrons. The van der Waals surface area contributed by atoms with Crippen LogP contribution in [0.4, 0.5) is 0 Å². The molecule has 0 bridgehead atoms. The Morgan fingerprint density at radius 3 is 2.33 bits per heavy atom. The third-order valence-corrected chi connectivity index (χ3v) is 3.65. The van der Waals surface area contributed by atoms with Crippen LogP contribution in [0.3, 0.4) is 0 Å². The third-order valence-electron chi connectivity index (χ3n) is 3.65. The van der Waals surface area contributed by atoms with Gasteiger partial charge in [-0.25, -0.2) is 0 Å². The largest absolute Gasteiger partial charge is 0.374 e. The van der Waals surface area contributed by atoms with Crippen molar-refractivity contribution in [1.82, 2.24) is 5.32 Å². The minimum absolute atomic E-state index is 0.0966. The summed E-state index contributed by atoms with van der Waals surface area (Å²) in [5, 5.41) is 3.58. The van der Waals surface area contributed by atoms with Gasteiger partial charge in [-0.1, -0.05) is 44.2 Å². The zero-order valence-electron chi connectivity index (χ0n) is 12.2. The van der Waals surface area contributed by atoms with E-state index >= 15 is 0 Å². The van der Waals surface area contributed by atoms with Crippen LogP contribution in [0, 0.1) is 0 Å². The molecule has 0 aliphatic heterocycles. The molecule has 0 saturated heterocycles. The van der Waals surface area contributed by atoms with Gasteiger partial charge in [0.2, 0.25) is 0 Å². The summed E-state index contributed by atoms with van der Waals surface area (Å²) in [5.41, 5.74) is 1.27. The number of hydrogen-bond acceptors (Lipinski definition) is 2. The van der Waals surface area contributed by atoms with E-state index in [4.69, 9.17) is 4.74 Å². The van der Waals surface area contributed by atoms with Crippen molar-refractivity contribution in [3.05, 3.63) is 35.9 Å². The highest BCUT2D eigenvalue weighted by Gasteiger charge is 2.32. The number of likely N-dealkylation sites (N-methyl/N-ethyl adjacent to an activating group) is 1. The van der Waals surface area contributed by atoms with Crippen molar-refractivity contribution in [2.45, 2.75) is 52.2 Å². The third kappa shape index (κ3) is 4.11. The van der Waals surface area contributed by atoms with E-state index in [1.807, 2.05) is 0 Å². The molecular weight excluding hydrogens is 222 g/mol. The molecule has 2 atom stereocenters. The highest BCUT2D eigenvalue weighted by Crippen LogP contribution is 2.23. The van der Waals surface area contributed by atoms with Crippen molar-refractivity contribution < 1.29 is 4.74 Å². The highest BCUT2D eigenvalue weighted by molar-refractivity contribution is 5.17. The maximum atomic E-state index is 6.00. The fourth-order valence-corrected chi connectivity index (χ4v) is 2.38. The molecule has 2 unspecified atom stereocenters. The fraction of sp³-hybridized carbons (Fsp3) is 0.625. The van der Waals surface area contributed by atoms with Crippen molar-refractivity contribution in [3.63, 3.8) is 0 Å². The Bertz CT molecular complexity index is 325. The topological polar surface area (TPSA) is 21.3 Å². The standard InChI is InChI=1S/C16H27NO/c1-5-16(4,18-7-3)15(17-6-2)13-14-11-9-8-10-12-14/h8-12,15,17H,5-7,13H2,1-4H3. The molecule has 0 radical (unpaired) electrons. The van der Waals surface area contributed by atoms with Crippen LogP contribution in [0.2, 0.25) is 0 Å². The van der Waals surface area contributed by atoms with Crippen molar-refractivity contribution in [1.29, 1.82) is 0 Å². The van der Waals surface area contributed by atoms with Crippen LogP contribution in [0.25, 0.3) is 0 Å². The summed E-state index contributed by atoms with van der Waals surface area (Å²) < 4.78 is 6.00. The normalized spacial score (nSPS) is 16.2. The van der Waals surface area contributed by atoms with Gasteiger partial charge in [0.1, 0.15) is 0 Å². The van der Waals surface area contributed by atoms with Gasteiger partial charge >= 0.3 is 0 Å². The minimum Gasteiger partial charge on any atom is -0.374 e. The van der Waals surface area contributed by atoms with E-state index < -0.39 is 0 Å². The van der Waals surface area contributed by atoms with E-state index in [-0.39, 0.29) is 5.60 Å². The Balaban J connectivity index is 2.80. The smallest absolute Gasteiger partial charge is 0.0807 e. The molecule has 18 heavy (non-hydrogen) atoms. The molecule has 2 nitrogen and oxygen atoms in total.